The van der Waals surface area contributed by atoms with Crippen molar-refractivity contribution in [2.45, 2.75) is 70.4 Å². The average molecular weight is 409 g/mol. The molecule has 1 atom stereocenters. The standard InChI is InChI=1S/C24H29FN4O/c1-16-21-13-22(30)29(14-17-8-10-19(25)11-9-17)24(21)27-23(26-16)18-5-4-12-28(15-18)20-6-2-3-7-20/h8-11,18,20H,2-7,12-15H2,1H3. The van der Waals surface area contributed by atoms with Crippen LogP contribution in [0.3, 0.4) is 0 Å². The van der Waals surface area contributed by atoms with Gasteiger partial charge in [-0.3, -0.25) is 14.6 Å². The summed E-state index contributed by atoms with van der Waals surface area (Å²) in [5, 5.41) is 0. The fourth-order valence-electron chi connectivity index (χ4n) is 5.33. The van der Waals surface area contributed by atoms with Crippen LogP contribution >= 0.6 is 0 Å². The molecule has 0 bridgehead atoms. The maximum atomic E-state index is 13.3. The van der Waals surface area contributed by atoms with Crippen molar-refractivity contribution in [2.24, 2.45) is 0 Å². The van der Waals surface area contributed by atoms with Crippen molar-refractivity contribution in [2.75, 3.05) is 18.0 Å². The van der Waals surface area contributed by atoms with E-state index in [0.29, 0.717) is 18.9 Å². The molecule has 1 aromatic carbocycles. The first kappa shape index (κ1) is 19.6. The van der Waals surface area contributed by atoms with Gasteiger partial charge in [-0.25, -0.2) is 14.4 Å². The molecule has 0 radical (unpaired) electrons. The van der Waals surface area contributed by atoms with Gasteiger partial charge in [-0.15, -0.1) is 0 Å². The van der Waals surface area contributed by atoms with E-state index in [0.717, 1.165) is 47.5 Å². The zero-order chi connectivity index (χ0) is 20.7. The lowest BCUT2D eigenvalue weighted by Gasteiger charge is -2.36. The summed E-state index contributed by atoms with van der Waals surface area (Å²) in [6.07, 6.45) is 7.96. The Hall–Kier alpha value is -2.34. The molecule has 1 saturated heterocycles. The van der Waals surface area contributed by atoms with E-state index < -0.39 is 0 Å². The van der Waals surface area contributed by atoms with Crippen molar-refractivity contribution < 1.29 is 9.18 Å². The number of anilines is 1. The highest BCUT2D eigenvalue weighted by molar-refractivity contribution is 6.00. The Morgan fingerprint density at radius 3 is 2.60 bits per heavy atom. The van der Waals surface area contributed by atoms with Crippen LogP contribution in [0.2, 0.25) is 0 Å². The molecule has 1 aromatic heterocycles. The maximum absolute atomic E-state index is 13.3. The molecular formula is C24H29FN4O. The van der Waals surface area contributed by atoms with E-state index in [1.54, 1.807) is 17.0 Å². The molecule has 158 valence electrons. The fraction of sp³-hybridized carbons (Fsp3) is 0.542. The number of aryl methyl sites for hydroxylation is 1. The summed E-state index contributed by atoms with van der Waals surface area (Å²) in [6.45, 7) is 4.62. The van der Waals surface area contributed by atoms with E-state index in [1.165, 1.54) is 50.8 Å². The van der Waals surface area contributed by atoms with Crippen LogP contribution in [0.1, 0.15) is 67.1 Å². The number of carbonyl (C=O) groups excluding carboxylic acids is 1. The number of hydrogen-bond acceptors (Lipinski definition) is 4. The fourth-order valence-corrected chi connectivity index (χ4v) is 5.33. The van der Waals surface area contributed by atoms with E-state index in [2.05, 4.69) is 4.90 Å². The number of likely N-dealkylation sites (tertiary alicyclic amines) is 1. The highest BCUT2D eigenvalue weighted by atomic mass is 19.1. The Kier molecular flexibility index (Phi) is 5.27. The Labute approximate surface area is 177 Å². The number of piperidine rings is 1. The maximum Gasteiger partial charge on any atom is 0.233 e. The molecule has 3 heterocycles. The highest BCUT2D eigenvalue weighted by Gasteiger charge is 2.34. The molecule has 1 aliphatic carbocycles. The largest absolute Gasteiger partial charge is 0.300 e. The second-order valence-electron chi connectivity index (χ2n) is 9.02. The lowest BCUT2D eigenvalue weighted by Crippen LogP contribution is -2.41. The third-order valence-electron chi connectivity index (χ3n) is 7.01. The van der Waals surface area contributed by atoms with Crippen LogP contribution in [-0.2, 0) is 17.8 Å². The summed E-state index contributed by atoms with van der Waals surface area (Å²) in [4.78, 5) is 26.9. The van der Waals surface area contributed by atoms with E-state index in [9.17, 15) is 9.18 Å². The van der Waals surface area contributed by atoms with Crippen molar-refractivity contribution in [3.63, 3.8) is 0 Å². The van der Waals surface area contributed by atoms with E-state index in [1.807, 2.05) is 6.92 Å². The summed E-state index contributed by atoms with van der Waals surface area (Å²) in [7, 11) is 0. The van der Waals surface area contributed by atoms with Gasteiger partial charge in [0.2, 0.25) is 5.91 Å². The van der Waals surface area contributed by atoms with E-state index in [4.69, 9.17) is 9.97 Å². The Bertz CT molecular complexity index is 939. The minimum absolute atomic E-state index is 0.0418. The van der Waals surface area contributed by atoms with Crippen molar-refractivity contribution >= 4 is 11.7 Å². The molecule has 0 spiro atoms. The molecule has 0 N–H and O–H groups in total. The molecule has 6 heteroatoms. The normalized spacial score (nSPS) is 22.7. The zero-order valence-corrected chi connectivity index (χ0v) is 17.6. The molecule has 1 amide bonds. The number of benzene rings is 1. The molecule has 2 aromatic rings. The third-order valence-corrected chi connectivity index (χ3v) is 7.01. The predicted molar refractivity (Wildman–Crippen MR) is 114 cm³/mol. The van der Waals surface area contributed by atoms with Gasteiger partial charge in [0.1, 0.15) is 17.5 Å². The number of carbonyl (C=O) groups is 1. The number of fused-ring (bicyclic) bond motifs is 1. The van der Waals surface area contributed by atoms with Gasteiger partial charge in [0.15, 0.2) is 0 Å². The summed E-state index contributed by atoms with van der Waals surface area (Å²) >= 11 is 0. The second-order valence-corrected chi connectivity index (χ2v) is 9.02. The predicted octanol–water partition coefficient (Wildman–Crippen LogP) is 4.14. The Morgan fingerprint density at radius 2 is 1.83 bits per heavy atom. The average Bonchev–Trinajstić information content (AvgIpc) is 3.39. The number of rotatable bonds is 4. The molecule has 5 nitrogen and oxygen atoms in total. The lowest BCUT2D eigenvalue weighted by atomic mass is 9.95. The monoisotopic (exact) mass is 408 g/mol. The molecule has 30 heavy (non-hydrogen) atoms. The van der Waals surface area contributed by atoms with E-state index >= 15 is 0 Å². The van der Waals surface area contributed by atoms with Gasteiger partial charge in [-0.2, -0.15) is 0 Å². The first-order chi connectivity index (χ1) is 14.6. The third kappa shape index (κ3) is 3.73. The quantitative estimate of drug-likeness (QED) is 0.763. The molecule has 5 rings (SSSR count). The second kappa shape index (κ2) is 8.06. The van der Waals surface area contributed by atoms with Crippen LogP contribution < -0.4 is 4.90 Å². The van der Waals surface area contributed by atoms with Crippen LogP contribution in [0, 0.1) is 12.7 Å². The van der Waals surface area contributed by atoms with Gasteiger partial charge in [-0.05, 0) is 56.8 Å². The van der Waals surface area contributed by atoms with Gasteiger partial charge in [0, 0.05) is 29.8 Å². The summed E-state index contributed by atoms with van der Waals surface area (Å²) in [6, 6.07) is 7.06. The number of aromatic nitrogens is 2. The van der Waals surface area contributed by atoms with Gasteiger partial charge in [0.25, 0.3) is 0 Å². The summed E-state index contributed by atoms with van der Waals surface area (Å²) < 4.78 is 13.3. The first-order valence-corrected chi connectivity index (χ1v) is 11.2. The van der Waals surface area contributed by atoms with Gasteiger partial charge in [0.05, 0.1) is 13.0 Å². The molecule has 2 fully saturated rings. The number of halogens is 1. The van der Waals surface area contributed by atoms with Gasteiger partial charge >= 0.3 is 0 Å². The Morgan fingerprint density at radius 1 is 1.07 bits per heavy atom. The topological polar surface area (TPSA) is 49.3 Å². The van der Waals surface area contributed by atoms with E-state index in [-0.39, 0.29) is 11.7 Å². The SMILES string of the molecule is Cc1nc(C2CCCN(C3CCCC3)C2)nc2c1CC(=O)N2Cc1ccc(F)cc1. The van der Waals surface area contributed by atoms with Crippen molar-refractivity contribution in [1.82, 2.24) is 14.9 Å². The first-order valence-electron chi connectivity index (χ1n) is 11.2. The molecule has 1 saturated carbocycles. The smallest absolute Gasteiger partial charge is 0.233 e. The molecular weight excluding hydrogens is 379 g/mol. The van der Waals surface area contributed by atoms with Crippen molar-refractivity contribution in [1.29, 1.82) is 0 Å². The minimum Gasteiger partial charge on any atom is -0.300 e. The van der Waals surface area contributed by atoms with Crippen LogP contribution in [0.25, 0.3) is 0 Å². The summed E-state index contributed by atoms with van der Waals surface area (Å²) in [5.74, 6) is 1.74. The summed E-state index contributed by atoms with van der Waals surface area (Å²) in [5.41, 5.74) is 2.76. The number of hydrogen-bond donors (Lipinski definition) is 0. The van der Waals surface area contributed by atoms with Crippen LogP contribution in [0.4, 0.5) is 10.2 Å². The molecule has 3 aliphatic rings. The lowest BCUT2D eigenvalue weighted by molar-refractivity contribution is -0.117. The van der Waals surface area contributed by atoms with Crippen LogP contribution in [0.15, 0.2) is 24.3 Å². The van der Waals surface area contributed by atoms with Crippen molar-refractivity contribution in [3.8, 4) is 0 Å². The number of nitrogens with zero attached hydrogens (tertiary/aromatic N) is 4. The Balaban J connectivity index is 1.40. The highest BCUT2D eigenvalue weighted by Crippen LogP contribution is 2.35. The molecule has 2 aliphatic heterocycles. The molecule has 1 unspecified atom stereocenters. The van der Waals surface area contributed by atoms with Gasteiger partial charge < -0.3 is 0 Å². The van der Waals surface area contributed by atoms with Crippen LogP contribution in [-0.4, -0.2) is 39.9 Å². The number of amides is 1. The zero-order valence-electron chi connectivity index (χ0n) is 17.6. The van der Waals surface area contributed by atoms with Gasteiger partial charge in [-0.1, -0.05) is 25.0 Å². The minimum atomic E-state index is -0.267. The van der Waals surface area contributed by atoms with Crippen molar-refractivity contribution in [3.05, 3.63) is 52.7 Å². The van der Waals surface area contributed by atoms with Crippen LogP contribution in [0.5, 0.6) is 0 Å².